The molecule has 1 fully saturated rings. The molecule has 1 atom stereocenters. The van der Waals surface area contributed by atoms with Crippen molar-refractivity contribution in [2.45, 2.75) is 46.6 Å². The van der Waals surface area contributed by atoms with Crippen molar-refractivity contribution < 1.29 is 22.7 Å². The Balaban J connectivity index is 2.19. The molecule has 0 saturated carbocycles. The zero-order valence-electron chi connectivity index (χ0n) is 17.3. The summed E-state index contributed by atoms with van der Waals surface area (Å²) in [6.07, 6.45) is 2.17. The van der Waals surface area contributed by atoms with Crippen molar-refractivity contribution in [3.05, 3.63) is 29.3 Å². The van der Waals surface area contributed by atoms with Crippen LogP contribution in [0.15, 0.2) is 18.2 Å². The van der Waals surface area contributed by atoms with Crippen molar-refractivity contribution in [3.63, 3.8) is 0 Å². The third-order valence-electron chi connectivity index (χ3n) is 5.10. The van der Waals surface area contributed by atoms with Gasteiger partial charge in [-0.1, -0.05) is 12.1 Å². The van der Waals surface area contributed by atoms with E-state index in [2.05, 4.69) is 0 Å². The van der Waals surface area contributed by atoms with Gasteiger partial charge in [-0.25, -0.2) is 8.42 Å². The molecule has 0 N–H and O–H groups in total. The van der Waals surface area contributed by atoms with Gasteiger partial charge in [0.1, 0.15) is 6.04 Å². The summed E-state index contributed by atoms with van der Waals surface area (Å²) < 4.78 is 31.3. The highest BCUT2D eigenvalue weighted by molar-refractivity contribution is 7.92. The molecule has 0 spiro atoms. The second-order valence-corrected chi connectivity index (χ2v) is 9.24. The maximum atomic E-state index is 13.1. The number of ether oxygens (including phenoxy) is 1. The number of esters is 1. The first-order chi connectivity index (χ1) is 13.1. The minimum Gasteiger partial charge on any atom is -0.466 e. The molecule has 0 bridgehead atoms. The SMILES string of the molecule is CCOC(=O)C1CCN(C(=O)[C@@H](C)N(c2cc(C)ccc2C)S(C)(=O)=O)CC1. The van der Waals surface area contributed by atoms with E-state index in [1.54, 1.807) is 24.8 Å². The fourth-order valence-corrected chi connectivity index (χ4v) is 4.81. The molecular weight excluding hydrogens is 380 g/mol. The van der Waals surface area contributed by atoms with Crippen molar-refractivity contribution in [1.29, 1.82) is 0 Å². The monoisotopic (exact) mass is 410 g/mol. The molecule has 1 aliphatic rings. The molecule has 28 heavy (non-hydrogen) atoms. The van der Waals surface area contributed by atoms with Gasteiger partial charge in [-0.3, -0.25) is 13.9 Å². The molecule has 1 aromatic carbocycles. The van der Waals surface area contributed by atoms with E-state index in [-0.39, 0.29) is 17.8 Å². The molecule has 0 aromatic heterocycles. The largest absolute Gasteiger partial charge is 0.466 e. The van der Waals surface area contributed by atoms with Gasteiger partial charge in [0.25, 0.3) is 0 Å². The molecule has 1 heterocycles. The smallest absolute Gasteiger partial charge is 0.309 e. The van der Waals surface area contributed by atoms with E-state index in [4.69, 9.17) is 4.74 Å². The lowest BCUT2D eigenvalue weighted by molar-refractivity contribution is -0.151. The number of amides is 1. The van der Waals surface area contributed by atoms with Gasteiger partial charge in [0, 0.05) is 13.1 Å². The van der Waals surface area contributed by atoms with Crippen molar-refractivity contribution in [2.75, 3.05) is 30.3 Å². The van der Waals surface area contributed by atoms with Crippen LogP contribution in [0.2, 0.25) is 0 Å². The van der Waals surface area contributed by atoms with Crippen LogP contribution in [-0.2, 0) is 24.3 Å². The summed E-state index contributed by atoms with van der Waals surface area (Å²) >= 11 is 0. The van der Waals surface area contributed by atoms with Crippen LogP contribution in [-0.4, -0.2) is 57.2 Å². The topological polar surface area (TPSA) is 84.0 Å². The third kappa shape index (κ3) is 5.04. The van der Waals surface area contributed by atoms with Crippen LogP contribution < -0.4 is 4.31 Å². The number of anilines is 1. The number of carbonyl (C=O) groups excluding carboxylic acids is 2. The molecule has 0 unspecified atom stereocenters. The number of rotatable bonds is 6. The number of hydrogen-bond donors (Lipinski definition) is 0. The predicted molar refractivity (Wildman–Crippen MR) is 109 cm³/mol. The van der Waals surface area contributed by atoms with Gasteiger partial charge in [-0.05, 0) is 57.7 Å². The molecule has 0 radical (unpaired) electrons. The predicted octanol–water partition coefficient (Wildman–Crippen LogP) is 2.26. The van der Waals surface area contributed by atoms with E-state index in [0.717, 1.165) is 17.4 Å². The highest BCUT2D eigenvalue weighted by Gasteiger charge is 2.35. The van der Waals surface area contributed by atoms with Gasteiger partial charge in [-0.15, -0.1) is 0 Å². The summed E-state index contributed by atoms with van der Waals surface area (Å²) in [5, 5.41) is 0. The first-order valence-corrected chi connectivity index (χ1v) is 11.4. The highest BCUT2D eigenvalue weighted by Crippen LogP contribution is 2.28. The van der Waals surface area contributed by atoms with Crippen LogP contribution in [0.1, 0.15) is 37.8 Å². The van der Waals surface area contributed by atoms with Gasteiger partial charge < -0.3 is 9.64 Å². The molecule has 1 saturated heterocycles. The number of likely N-dealkylation sites (tertiary alicyclic amines) is 1. The second kappa shape index (κ2) is 8.94. The number of nitrogens with zero attached hydrogens (tertiary/aromatic N) is 2. The summed E-state index contributed by atoms with van der Waals surface area (Å²) in [5.41, 5.74) is 2.23. The zero-order chi connectivity index (χ0) is 21.1. The van der Waals surface area contributed by atoms with Gasteiger partial charge in [0.05, 0.1) is 24.5 Å². The first-order valence-electron chi connectivity index (χ1n) is 9.58. The molecule has 1 amide bonds. The average Bonchev–Trinajstić information content (AvgIpc) is 2.63. The van der Waals surface area contributed by atoms with Crippen LogP contribution in [0, 0.1) is 19.8 Å². The summed E-state index contributed by atoms with van der Waals surface area (Å²) in [7, 11) is -3.66. The highest BCUT2D eigenvalue weighted by atomic mass is 32.2. The van der Waals surface area contributed by atoms with Crippen molar-refractivity contribution in [3.8, 4) is 0 Å². The van der Waals surface area contributed by atoms with E-state index in [9.17, 15) is 18.0 Å². The summed E-state index contributed by atoms with van der Waals surface area (Å²) in [5.74, 6) is -0.686. The number of carbonyl (C=O) groups is 2. The number of sulfonamides is 1. The lowest BCUT2D eigenvalue weighted by Crippen LogP contribution is -2.52. The lowest BCUT2D eigenvalue weighted by Gasteiger charge is -2.36. The van der Waals surface area contributed by atoms with Crippen LogP contribution in [0.3, 0.4) is 0 Å². The van der Waals surface area contributed by atoms with E-state index < -0.39 is 16.1 Å². The standard InChI is InChI=1S/C20H30N2O5S/c1-6-27-20(24)17-9-11-21(12-10-17)19(23)16(4)22(28(5,25)26)18-13-14(2)7-8-15(18)3/h7-8,13,16-17H,6,9-12H2,1-5H3/t16-/m1/s1. The van der Waals surface area contributed by atoms with E-state index in [0.29, 0.717) is 38.2 Å². The second-order valence-electron chi connectivity index (χ2n) is 7.38. The Morgan fingerprint density at radius 3 is 2.39 bits per heavy atom. The molecule has 0 aliphatic carbocycles. The normalized spacial score (nSPS) is 16.5. The number of aryl methyl sites for hydroxylation is 2. The lowest BCUT2D eigenvalue weighted by atomic mass is 9.96. The van der Waals surface area contributed by atoms with Crippen LogP contribution in [0.4, 0.5) is 5.69 Å². The van der Waals surface area contributed by atoms with Gasteiger partial charge in [-0.2, -0.15) is 0 Å². The minimum absolute atomic E-state index is 0.204. The molecule has 1 aliphatic heterocycles. The van der Waals surface area contributed by atoms with E-state index in [1.165, 1.54) is 4.31 Å². The molecule has 2 rings (SSSR count). The van der Waals surface area contributed by atoms with Crippen LogP contribution in [0.25, 0.3) is 0 Å². The summed E-state index contributed by atoms with van der Waals surface area (Å²) in [6, 6.07) is 4.68. The Kier molecular flexibility index (Phi) is 7.09. The van der Waals surface area contributed by atoms with Crippen LogP contribution >= 0.6 is 0 Å². The van der Waals surface area contributed by atoms with Gasteiger partial charge in [0.2, 0.25) is 15.9 Å². The number of piperidine rings is 1. The van der Waals surface area contributed by atoms with Crippen LogP contribution in [0.5, 0.6) is 0 Å². The Bertz CT molecular complexity index is 829. The summed E-state index contributed by atoms with van der Waals surface area (Å²) in [4.78, 5) is 26.6. The fraction of sp³-hybridized carbons (Fsp3) is 0.600. The van der Waals surface area contributed by atoms with Gasteiger partial charge >= 0.3 is 5.97 Å². The van der Waals surface area contributed by atoms with E-state index in [1.807, 2.05) is 26.0 Å². The number of benzene rings is 1. The quantitative estimate of drug-likeness (QED) is 0.672. The Morgan fingerprint density at radius 2 is 1.86 bits per heavy atom. The van der Waals surface area contributed by atoms with Gasteiger partial charge in [0.15, 0.2) is 0 Å². The molecule has 1 aromatic rings. The Labute approximate surface area is 167 Å². The minimum atomic E-state index is -3.66. The van der Waals surface area contributed by atoms with E-state index >= 15 is 0 Å². The van der Waals surface area contributed by atoms with Crippen molar-refractivity contribution >= 4 is 27.6 Å². The molecule has 156 valence electrons. The maximum absolute atomic E-state index is 13.1. The van der Waals surface area contributed by atoms with Crippen molar-refractivity contribution in [2.24, 2.45) is 5.92 Å². The Morgan fingerprint density at radius 1 is 1.25 bits per heavy atom. The average molecular weight is 411 g/mol. The molecule has 7 nitrogen and oxygen atoms in total. The maximum Gasteiger partial charge on any atom is 0.309 e. The molecule has 8 heteroatoms. The molecular formula is C20H30N2O5S. The Hall–Kier alpha value is -2.09. The zero-order valence-corrected chi connectivity index (χ0v) is 18.1. The summed E-state index contributed by atoms with van der Waals surface area (Å²) in [6.45, 7) is 8.27. The first kappa shape index (κ1) is 22.2. The fourth-order valence-electron chi connectivity index (χ4n) is 3.59. The van der Waals surface area contributed by atoms with Crippen molar-refractivity contribution in [1.82, 2.24) is 4.90 Å². The number of hydrogen-bond acceptors (Lipinski definition) is 5. The third-order valence-corrected chi connectivity index (χ3v) is 6.32.